The molecule has 13 heteroatoms. The second-order valence-electron chi connectivity index (χ2n) is 12.1. The van der Waals surface area contributed by atoms with Crippen LogP contribution in [0.5, 0.6) is 5.75 Å². The highest BCUT2D eigenvalue weighted by Gasteiger charge is 2.63. The molecule has 4 rings (SSSR count). The molecule has 3 aliphatic rings. The van der Waals surface area contributed by atoms with E-state index in [0.717, 1.165) is 0 Å². The number of hydrogen-bond acceptors (Lipinski definition) is 11. The van der Waals surface area contributed by atoms with E-state index in [1.165, 1.54) is 11.0 Å². The molecule has 3 aliphatic carbocycles. The Morgan fingerprint density at radius 1 is 1.12 bits per heavy atom. The van der Waals surface area contributed by atoms with Crippen molar-refractivity contribution in [2.24, 2.45) is 17.6 Å². The van der Waals surface area contributed by atoms with Crippen molar-refractivity contribution in [1.29, 1.82) is 0 Å². The Morgan fingerprint density at radius 3 is 2.24 bits per heavy atom. The molecule has 0 aromatic heterocycles. The number of aliphatic hydroxyl groups excluding tert-OH is 2. The highest BCUT2D eigenvalue weighted by molar-refractivity contribution is 6.25. The summed E-state index contributed by atoms with van der Waals surface area (Å²) >= 11 is 0. The monoisotopic (exact) mass is 572 g/mol. The quantitative estimate of drug-likeness (QED) is 0.226. The summed E-state index contributed by atoms with van der Waals surface area (Å²) in [5.74, 6) is -7.49. The molecule has 0 radical (unpaired) electrons. The fourth-order valence-electron chi connectivity index (χ4n) is 6.21. The summed E-state index contributed by atoms with van der Waals surface area (Å²) in [5.41, 5.74) is 1.21. The number of phenolic OH excluding ortho intramolecular Hbond substituents is 1. The van der Waals surface area contributed by atoms with Crippen molar-refractivity contribution in [1.82, 2.24) is 4.90 Å². The molecule has 0 heterocycles. The standard InChI is InChI=1S/C28H36N4O9/c1-27(2,3)41-26(39)30-14-10-15(31(4)5)12-8-11-9-13-19(32(6)7)22(35)18(25(29)38)24(37)28(13,40)23(36)16(11)21(34)17(12)20(14)33/h10-11,13,19,33,35-36,40H,8-9H2,1-7H3,(H2,29,38)(H,30,39)/t11-,13-,19-,28-/m1/s1. The summed E-state index contributed by atoms with van der Waals surface area (Å²) in [6.07, 6.45) is -0.789. The smallest absolute Gasteiger partial charge is 0.412 e. The van der Waals surface area contributed by atoms with Gasteiger partial charge in [0.05, 0.1) is 17.3 Å². The van der Waals surface area contributed by atoms with Crippen LogP contribution in [-0.4, -0.2) is 94.3 Å². The van der Waals surface area contributed by atoms with Crippen LogP contribution < -0.4 is 16.0 Å². The highest BCUT2D eigenvalue weighted by atomic mass is 16.6. The number of ketones is 2. The number of rotatable bonds is 4. The second-order valence-corrected chi connectivity index (χ2v) is 12.1. The van der Waals surface area contributed by atoms with Gasteiger partial charge in [0, 0.05) is 31.3 Å². The number of allylic oxidation sites excluding steroid dienone is 1. The Hall–Kier alpha value is -4.10. The van der Waals surface area contributed by atoms with E-state index in [2.05, 4.69) is 5.32 Å². The molecule has 2 amide bonds. The van der Waals surface area contributed by atoms with Crippen LogP contribution in [0.2, 0.25) is 0 Å². The molecule has 222 valence electrons. The van der Waals surface area contributed by atoms with Crippen LogP contribution in [0.3, 0.4) is 0 Å². The van der Waals surface area contributed by atoms with Gasteiger partial charge in [-0.15, -0.1) is 0 Å². The number of aromatic hydroxyl groups is 1. The van der Waals surface area contributed by atoms with Crippen molar-refractivity contribution >= 4 is 34.9 Å². The molecule has 0 bridgehead atoms. The largest absolute Gasteiger partial charge is 0.510 e. The van der Waals surface area contributed by atoms with Crippen LogP contribution in [0.4, 0.5) is 16.2 Å². The lowest BCUT2D eigenvalue weighted by Crippen LogP contribution is -2.63. The maximum atomic E-state index is 14.0. The average Bonchev–Trinajstić information content (AvgIpc) is 2.81. The molecule has 0 spiro atoms. The van der Waals surface area contributed by atoms with Crippen molar-refractivity contribution in [2.45, 2.75) is 50.9 Å². The van der Waals surface area contributed by atoms with Crippen LogP contribution in [0, 0.1) is 11.8 Å². The van der Waals surface area contributed by atoms with Crippen molar-refractivity contribution in [2.75, 3.05) is 38.4 Å². The summed E-state index contributed by atoms with van der Waals surface area (Å²) in [6.45, 7) is 4.99. The minimum atomic E-state index is -2.74. The first-order chi connectivity index (χ1) is 18.8. The number of hydrogen-bond donors (Lipinski definition) is 6. The van der Waals surface area contributed by atoms with E-state index in [4.69, 9.17) is 10.5 Å². The Kier molecular flexibility index (Phi) is 7.12. The SMILES string of the molecule is CN(C)c1cc(NC(=O)OC(C)(C)C)c(O)c2c1C[C@@H]1C[C@@H]3[C@@H](N(C)C)C(O)=C(C(N)=O)C(=O)[C@]3(O)C(O)=C1C2=O. The van der Waals surface area contributed by atoms with Gasteiger partial charge in [0.2, 0.25) is 5.78 Å². The fourth-order valence-corrected chi connectivity index (χ4v) is 6.21. The van der Waals surface area contributed by atoms with Gasteiger partial charge < -0.3 is 35.8 Å². The lowest BCUT2D eigenvalue weighted by molar-refractivity contribution is -0.148. The second kappa shape index (κ2) is 9.77. The molecule has 0 aliphatic heterocycles. The molecule has 0 fully saturated rings. The molecule has 0 saturated heterocycles. The topological polar surface area (TPSA) is 203 Å². The molecule has 4 atom stereocenters. The number of anilines is 2. The number of carbonyl (C=O) groups is 4. The van der Waals surface area contributed by atoms with Gasteiger partial charge in [-0.3, -0.25) is 24.6 Å². The Morgan fingerprint density at radius 2 is 1.73 bits per heavy atom. The first kappa shape index (κ1) is 29.9. The number of Topliss-reactive ketones (excluding diaryl/α,β-unsaturated/α-hetero) is 2. The molecule has 7 N–H and O–H groups in total. The number of ether oxygens (including phenoxy) is 1. The third kappa shape index (κ3) is 4.58. The number of benzene rings is 1. The van der Waals surface area contributed by atoms with E-state index in [-0.39, 0.29) is 29.7 Å². The van der Waals surface area contributed by atoms with Gasteiger partial charge in [-0.1, -0.05) is 0 Å². The van der Waals surface area contributed by atoms with Crippen molar-refractivity contribution < 1.29 is 44.3 Å². The molecule has 0 unspecified atom stereocenters. The van der Waals surface area contributed by atoms with Crippen LogP contribution in [0.15, 0.2) is 28.7 Å². The van der Waals surface area contributed by atoms with Gasteiger partial charge in [0.1, 0.15) is 22.7 Å². The van der Waals surface area contributed by atoms with Crippen molar-refractivity contribution in [3.8, 4) is 5.75 Å². The number of carbonyl (C=O) groups excluding carboxylic acids is 4. The molecule has 1 aromatic carbocycles. The van der Waals surface area contributed by atoms with Crippen LogP contribution in [0.1, 0.15) is 43.1 Å². The van der Waals surface area contributed by atoms with Gasteiger partial charge in [0.25, 0.3) is 5.91 Å². The lowest BCUT2D eigenvalue weighted by Gasteiger charge is -2.50. The number of phenols is 1. The number of aliphatic hydroxyl groups is 3. The van der Waals surface area contributed by atoms with Gasteiger partial charge in [-0.25, -0.2) is 4.79 Å². The predicted octanol–water partition coefficient (Wildman–Crippen LogP) is 1.53. The maximum absolute atomic E-state index is 14.0. The zero-order valence-electron chi connectivity index (χ0n) is 24.0. The predicted molar refractivity (Wildman–Crippen MR) is 148 cm³/mol. The first-order valence-electron chi connectivity index (χ1n) is 13.0. The summed E-state index contributed by atoms with van der Waals surface area (Å²) in [6, 6.07) is 0.419. The summed E-state index contributed by atoms with van der Waals surface area (Å²) in [4.78, 5) is 55.3. The number of primary amides is 1. The third-order valence-electron chi connectivity index (χ3n) is 7.82. The van der Waals surface area contributed by atoms with Crippen LogP contribution in [0.25, 0.3) is 0 Å². The number of likely N-dealkylation sites (N-methyl/N-ethyl adjacent to an activating group) is 1. The Balaban J connectivity index is 1.92. The zero-order chi connectivity index (χ0) is 30.9. The van der Waals surface area contributed by atoms with E-state index in [1.54, 1.807) is 53.9 Å². The third-order valence-corrected chi connectivity index (χ3v) is 7.82. The molecule has 13 nitrogen and oxygen atoms in total. The van der Waals surface area contributed by atoms with Gasteiger partial charge in [-0.05, 0) is 65.3 Å². The number of fused-ring (bicyclic) bond motifs is 3. The van der Waals surface area contributed by atoms with Crippen molar-refractivity contribution in [3.05, 3.63) is 39.9 Å². The lowest BCUT2D eigenvalue weighted by atomic mass is 9.58. The minimum absolute atomic E-state index is 0.0305. The van der Waals surface area contributed by atoms with E-state index in [1.807, 2.05) is 0 Å². The number of nitrogens with two attached hydrogens (primary N) is 1. The van der Waals surface area contributed by atoms with Gasteiger partial charge in [-0.2, -0.15) is 0 Å². The molecular formula is C28H36N4O9. The van der Waals surface area contributed by atoms with E-state index >= 15 is 0 Å². The van der Waals surface area contributed by atoms with Crippen molar-refractivity contribution in [3.63, 3.8) is 0 Å². The summed E-state index contributed by atoms with van der Waals surface area (Å²) < 4.78 is 5.28. The fraction of sp³-hybridized carbons (Fsp3) is 0.500. The van der Waals surface area contributed by atoms with E-state index in [9.17, 15) is 39.6 Å². The number of nitrogens with zero attached hydrogens (tertiary/aromatic N) is 2. The number of nitrogens with one attached hydrogen (secondary N) is 1. The van der Waals surface area contributed by atoms with Crippen LogP contribution in [-0.2, 0) is 20.7 Å². The maximum Gasteiger partial charge on any atom is 0.412 e. The van der Waals surface area contributed by atoms with Gasteiger partial charge in [0.15, 0.2) is 17.1 Å². The first-order valence-corrected chi connectivity index (χ1v) is 13.0. The zero-order valence-corrected chi connectivity index (χ0v) is 24.0. The average molecular weight is 573 g/mol. The molecule has 41 heavy (non-hydrogen) atoms. The highest BCUT2D eigenvalue weighted by Crippen LogP contribution is 2.53. The van der Waals surface area contributed by atoms with Crippen LogP contribution >= 0.6 is 0 Å². The minimum Gasteiger partial charge on any atom is -0.510 e. The molecular weight excluding hydrogens is 536 g/mol. The Bertz CT molecular complexity index is 1440. The summed E-state index contributed by atoms with van der Waals surface area (Å²) in [5, 5.41) is 47.7. The molecule has 0 saturated carbocycles. The number of amides is 2. The van der Waals surface area contributed by atoms with E-state index in [0.29, 0.717) is 11.3 Å². The normalized spacial score (nSPS) is 25.9. The Labute approximate surface area is 236 Å². The molecule has 1 aromatic rings. The summed E-state index contributed by atoms with van der Waals surface area (Å²) in [7, 11) is 6.56. The van der Waals surface area contributed by atoms with E-state index < -0.39 is 75.5 Å². The van der Waals surface area contributed by atoms with Gasteiger partial charge >= 0.3 is 6.09 Å².